The molecule has 0 aliphatic heterocycles. The number of hydrogen-bond acceptors (Lipinski definition) is 2. The molecule has 0 aliphatic carbocycles. The lowest BCUT2D eigenvalue weighted by Crippen LogP contribution is -2.26. The van der Waals surface area contributed by atoms with Crippen molar-refractivity contribution in [2.75, 3.05) is 7.05 Å². The van der Waals surface area contributed by atoms with Gasteiger partial charge in [0.2, 0.25) is 0 Å². The topological polar surface area (TPSA) is 43.1 Å². The minimum absolute atomic E-state index is 0.00198. The lowest BCUT2D eigenvalue weighted by atomic mass is 10.1. The van der Waals surface area contributed by atoms with E-state index in [1.165, 1.54) is 0 Å². The lowest BCUT2D eigenvalue weighted by Gasteiger charge is -2.17. The SMILES string of the molecule is CN(Cc1cnn(C)c1)C(=O)c1cccc(-n2cccc2)c1. The number of amides is 1. The fraction of sp³-hybridized carbons (Fsp3) is 0.176. The molecule has 3 rings (SSSR count). The lowest BCUT2D eigenvalue weighted by molar-refractivity contribution is 0.0785. The molecule has 0 fully saturated rings. The summed E-state index contributed by atoms with van der Waals surface area (Å²) in [6.07, 6.45) is 7.62. The van der Waals surface area contributed by atoms with E-state index in [0.717, 1.165) is 11.3 Å². The molecule has 2 heterocycles. The number of nitrogens with zero attached hydrogens (tertiary/aromatic N) is 4. The standard InChI is InChI=1S/C17H18N4O/c1-19(12-14-11-18-20(2)13-14)17(22)15-6-5-7-16(10-15)21-8-3-4-9-21/h3-11,13H,12H2,1-2H3. The highest BCUT2D eigenvalue weighted by molar-refractivity contribution is 5.94. The summed E-state index contributed by atoms with van der Waals surface area (Å²) in [6, 6.07) is 11.6. The maximum absolute atomic E-state index is 12.6. The summed E-state index contributed by atoms with van der Waals surface area (Å²) in [5.41, 5.74) is 2.67. The van der Waals surface area contributed by atoms with Crippen molar-refractivity contribution in [1.82, 2.24) is 19.2 Å². The second-order valence-corrected chi connectivity index (χ2v) is 5.32. The van der Waals surface area contributed by atoms with Crippen molar-refractivity contribution in [3.05, 3.63) is 72.3 Å². The molecule has 1 amide bonds. The zero-order chi connectivity index (χ0) is 15.5. The van der Waals surface area contributed by atoms with E-state index < -0.39 is 0 Å². The molecule has 3 aromatic rings. The van der Waals surface area contributed by atoms with Gasteiger partial charge < -0.3 is 9.47 Å². The molecule has 5 nitrogen and oxygen atoms in total. The second kappa shape index (κ2) is 5.89. The first-order valence-electron chi connectivity index (χ1n) is 7.10. The molecule has 0 atom stereocenters. The van der Waals surface area contributed by atoms with Gasteiger partial charge in [0.1, 0.15) is 0 Å². The van der Waals surface area contributed by atoms with Crippen LogP contribution in [0.15, 0.2) is 61.2 Å². The Bertz CT molecular complexity index is 774. The monoisotopic (exact) mass is 294 g/mol. The van der Waals surface area contributed by atoms with Crippen LogP contribution in [0.4, 0.5) is 0 Å². The Morgan fingerprint density at radius 2 is 2.00 bits per heavy atom. The Kier molecular flexibility index (Phi) is 3.78. The van der Waals surface area contributed by atoms with Gasteiger partial charge in [-0.2, -0.15) is 5.10 Å². The molecule has 0 aliphatic rings. The van der Waals surface area contributed by atoms with Crippen LogP contribution in [0.1, 0.15) is 15.9 Å². The van der Waals surface area contributed by atoms with Crippen LogP contribution in [0.3, 0.4) is 0 Å². The van der Waals surface area contributed by atoms with Crippen molar-refractivity contribution in [3.8, 4) is 5.69 Å². The van der Waals surface area contributed by atoms with E-state index in [0.29, 0.717) is 12.1 Å². The Morgan fingerprint density at radius 3 is 2.68 bits per heavy atom. The maximum Gasteiger partial charge on any atom is 0.253 e. The molecular formula is C17H18N4O. The Labute approximate surface area is 129 Å². The Hall–Kier alpha value is -2.82. The molecule has 1 aromatic carbocycles. The first kappa shape index (κ1) is 14.1. The van der Waals surface area contributed by atoms with Crippen molar-refractivity contribution >= 4 is 5.91 Å². The molecule has 5 heteroatoms. The highest BCUT2D eigenvalue weighted by Gasteiger charge is 2.13. The molecule has 0 unspecified atom stereocenters. The quantitative estimate of drug-likeness (QED) is 0.742. The zero-order valence-corrected chi connectivity index (χ0v) is 12.7. The summed E-state index contributed by atoms with van der Waals surface area (Å²) in [5, 5.41) is 4.12. The number of carbonyl (C=O) groups excluding carboxylic acids is 1. The molecule has 2 aromatic heterocycles. The summed E-state index contributed by atoms with van der Waals surface area (Å²) in [6.45, 7) is 0.542. The number of rotatable bonds is 4. The average Bonchev–Trinajstić information content (AvgIpc) is 3.18. The summed E-state index contributed by atoms with van der Waals surface area (Å²) < 4.78 is 3.72. The van der Waals surface area contributed by atoms with Gasteiger partial charge in [-0.25, -0.2) is 0 Å². The smallest absolute Gasteiger partial charge is 0.253 e. The molecule has 0 saturated heterocycles. The average molecular weight is 294 g/mol. The fourth-order valence-corrected chi connectivity index (χ4v) is 2.43. The molecule has 0 bridgehead atoms. The van der Waals surface area contributed by atoms with E-state index in [1.54, 1.807) is 22.8 Å². The highest BCUT2D eigenvalue weighted by Crippen LogP contribution is 2.13. The van der Waals surface area contributed by atoms with Crippen LogP contribution in [-0.2, 0) is 13.6 Å². The van der Waals surface area contributed by atoms with Crippen LogP contribution in [0.25, 0.3) is 5.69 Å². The van der Waals surface area contributed by atoms with Crippen molar-refractivity contribution in [3.63, 3.8) is 0 Å². The predicted molar refractivity (Wildman–Crippen MR) is 84.8 cm³/mol. The van der Waals surface area contributed by atoms with E-state index in [1.807, 2.05) is 66.6 Å². The van der Waals surface area contributed by atoms with Crippen molar-refractivity contribution < 1.29 is 4.79 Å². The normalized spacial score (nSPS) is 10.6. The van der Waals surface area contributed by atoms with Crippen LogP contribution in [0, 0.1) is 0 Å². The van der Waals surface area contributed by atoms with E-state index >= 15 is 0 Å². The second-order valence-electron chi connectivity index (χ2n) is 5.32. The van der Waals surface area contributed by atoms with E-state index in [9.17, 15) is 4.79 Å². The maximum atomic E-state index is 12.6. The Morgan fingerprint density at radius 1 is 1.23 bits per heavy atom. The minimum atomic E-state index is -0.00198. The molecule has 0 radical (unpaired) electrons. The van der Waals surface area contributed by atoms with Gasteiger partial charge >= 0.3 is 0 Å². The summed E-state index contributed by atoms with van der Waals surface area (Å²) in [5.74, 6) is -0.00198. The molecule has 0 saturated carbocycles. The van der Waals surface area contributed by atoms with Gasteiger partial charge in [0.25, 0.3) is 5.91 Å². The number of aromatic nitrogens is 3. The predicted octanol–water partition coefficient (Wildman–Crippen LogP) is 2.48. The van der Waals surface area contributed by atoms with Gasteiger partial charge in [-0.15, -0.1) is 0 Å². The van der Waals surface area contributed by atoms with E-state index in [4.69, 9.17) is 0 Å². The number of benzene rings is 1. The van der Waals surface area contributed by atoms with Gasteiger partial charge in [0.15, 0.2) is 0 Å². The Balaban J connectivity index is 1.78. The first-order valence-corrected chi connectivity index (χ1v) is 7.10. The summed E-state index contributed by atoms with van der Waals surface area (Å²) in [7, 11) is 3.67. The van der Waals surface area contributed by atoms with Crippen LogP contribution >= 0.6 is 0 Å². The van der Waals surface area contributed by atoms with Crippen LogP contribution in [-0.4, -0.2) is 32.2 Å². The van der Waals surface area contributed by atoms with E-state index in [2.05, 4.69) is 5.10 Å². The third-order valence-corrected chi connectivity index (χ3v) is 3.52. The van der Waals surface area contributed by atoms with Crippen LogP contribution in [0.2, 0.25) is 0 Å². The van der Waals surface area contributed by atoms with Crippen molar-refractivity contribution in [1.29, 1.82) is 0 Å². The molecular weight excluding hydrogens is 276 g/mol. The summed E-state index contributed by atoms with van der Waals surface area (Å²) >= 11 is 0. The minimum Gasteiger partial charge on any atom is -0.337 e. The largest absolute Gasteiger partial charge is 0.337 e. The summed E-state index contributed by atoms with van der Waals surface area (Å²) in [4.78, 5) is 14.3. The molecule has 22 heavy (non-hydrogen) atoms. The highest BCUT2D eigenvalue weighted by atomic mass is 16.2. The van der Waals surface area contributed by atoms with Gasteiger partial charge in [-0.3, -0.25) is 9.48 Å². The third-order valence-electron chi connectivity index (χ3n) is 3.52. The zero-order valence-electron chi connectivity index (χ0n) is 12.7. The molecule has 0 spiro atoms. The number of hydrogen-bond donors (Lipinski definition) is 0. The van der Waals surface area contributed by atoms with Crippen molar-refractivity contribution in [2.45, 2.75) is 6.54 Å². The number of carbonyl (C=O) groups is 1. The molecule has 0 N–H and O–H groups in total. The van der Waals surface area contributed by atoms with Gasteiger partial charge in [0.05, 0.1) is 6.20 Å². The van der Waals surface area contributed by atoms with Crippen molar-refractivity contribution in [2.24, 2.45) is 7.05 Å². The van der Waals surface area contributed by atoms with Gasteiger partial charge in [-0.05, 0) is 30.3 Å². The molecule has 112 valence electrons. The van der Waals surface area contributed by atoms with Crippen LogP contribution < -0.4 is 0 Å². The third kappa shape index (κ3) is 2.93. The van der Waals surface area contributed by atoms with Gasteiger partial charge in [-0.1, -0.05) is 6.07 Å². The number of aryl methyl sites for hydroxylation is 1. The van der Waals surface area contributed by atoms with E-state index in [-0.39, 0.29) is 5.91 Å². The van der Waals surface area contributed by atoms with Crippen LogP contribution in [0.5, 0.6) is 0 Å². The first-order chi connectivity index (χ1) is 10.6. The van der Waals surface area contributed by atoms with Gasteiger partial charge in [0, 0.05) is 56.0 Å². The fourth-order valence-electron chi connectivity index (χ4n) is 2.43.